The number of hydrogen-bond acceptors (Lipinski definition) is 5. The molecule has 6 nitrogen and oxygen atoms in total. The fourth-order valence-electron chi connectivity index (χ4n) is 0.848. The lowest BCUT2D eigenvalue weighted by molar-refractivity contribution is -0.144. The standard InChI is InChI=1S/C7H12N4O2/c1-2-13-7(12)5-11-4-6(3-8)9-10-11/h4H,2-3,5,8H2,1H3. The Morgan fingerprint density at radius 2 is 2.54 bits per heavy atom. The molecule has 0 unspecified atom stereocenters. The van der Waals surface area contributed by atoms with Crippen LogP contribution < -0.4 is 5.73 Å². The van der Waals surface area contributed by atoms with Crippen LogP contribution in [0.2, 0.25) is 0 Å². The molecule has 0 saturated carbocycles. The van der Waals surface area contributed by atoms with Gasteiger partial charge in [-0.15, -0.1) is 5.10 Å². The topological polar surface area (TPSA) is 83.0 Å². The fourth-order valence-corrected chi connectivity index (χ4v) is 0.848. The summed E-state index contributed by atoms with van der Waals surface area (Å²) in [6.07, 6.45) is 1.62. The predicted molar refractivity (Wildman–Crippen MR) is 44.5 cm³/mol. The van der Waals surface area contributed by atoms with Crippen LogP contribution in [0.1, 0.15) is 12.6 Å². The van der Waals surface area contributed by atoms with Crippen LogP contribution in [0.3, 0.4) is 0 Å². The SMILES string of the molecule is CCOC(=O)Cn1cc(CN)nn1. The van der Waals surface area contributed by atoms with E-state index in [-0.39, 0.29) is 12.5 Å². The smallest absolute Gasteiger partial charge is 0.327 e. The van der Waals surface area contributed by atoms with Crippen molar-refractivity contribution in [2.45, 2.75) is 20.0 Å². The first kappa shape index (κ1) is 9.66. The first-order valence-corrected chi connectivity index (χ1v) is 4.01. The monoisotopic (exact) mass is 184 g/mol. The number of nitrogens with two attached hydrogens (primary N) is 1. The van der Waals surface area contributed by atoms with Crippen molar-refractivity contribution in [3.8, 4) is 0 Å². The highest BCUT2D eigenvalue weighted by atomic mass is 16.5. The van der Waals surface area contributed by atoms with Gasteiger partial charge < -0.3 is 10.5 Å². The molecule has 6 heteroatoms. The molecule has 0 bridgehead atoms. The number of carbonyl (C=O) groups excluding carboxylic acids is 1. The normalized spacial score (nSPS) is 10.0. The Hall–Kier alpha value is -1.43. The summed E-state index contributed by atoms with van der Waals surface area (Å²) in [7, 11) is 0. The van der Waals surface area contributed by atoms with Gasteiger partial charge in [0.1, 0.15) is 6.54 Å². The predicted octanol–water partition coefficient (Wildman–Crippen LogP) is -0.700. The quantitative estimate of drug-likeness (QED) is 0.625. The molecule has 13 heavy (non-hydrogen) atoms. The molecule has 0 radical (unpaired) electrons. The molecular weight excluding hydrogens is 172 g/mol. The second-order valence-electron chi connectivity index (χ2n) is 2.42. The Balaban J connectivity index is 2.49. The second kappa shape index (κ2) is 4.56. The van der Waals surface area contributed by atoms with E-state index in [2.05, 4.69) is 10.3 Å². The van der Waals surface area contributed by atoms with Gasteiger partial charge in [0.25, 0.3) is 0 Å². The highest BCUT2D eigenvalue weighted by Gasteiger charge is 2.04. The number of carbonyl (C=O) groups is 1. The summed E-state index contributed by atoms with van der Waals surface area (Å²) in [6, 6.07) is 0. The van der Waals surface area contributed by atoms with E-state index in [1.54, 1.807) is 13.1 Å². The Kier molecular flexibility index (Phi) is 3.39. The molecule has 72 valence electrons. The summed E-state index contributed by atoms with van der Waals surface area (Å²) in [5, 5.41) is 7.42. The van der Waals surface area contributed by atoms with E-state index in [1.807, 2.05) is 0 Å². The maximum Gasteiger partial charge on any atom is 0.327 e. The molecular formula is C7H12N4O2. The zero-order chi connectivity index (χ0) is 9.68. The molecule has 0 fully saturated rings. The maximum absolute atomic E-state index is 11.0. The summed E-state index contributed by atoms with van der Waals surface area (Å²) >= 11 is 0. The molecule has 1 heterocycles. The Morgan fingerprint density at radius 1 is 1.77 bits per heavy atom. The van der Waals surface area contributed by atoms with Gasteiger partial charge >= 0.3 is 5.97 Å². The molecule has 1 aromatic heterocycles. The highest BCUT2D eigenvalue weighted by Crippen LogP contribution is 1.91. The van der Waals surface area contributed by atoms with Crippen molar-refractivity contribution in [1.82, 2.24) is 15.0 Å². The minimum atomic E-state index is -0.323. The lowest BCUT2D eigenvalue weighted by Crippen LogP contribution is -2.13. The van der Waals surface area contributed by atoms with Crippen LogP contribution in [-0.4, -0.2) is 27.6 Å². The molecule has 1 aromatic rings. The van der Waals surface area contributed by atoms with Gasteiger partial charge in [-0.1, -0.05) is 5.21 Å². The molecule has 0 aliphatic heterocycles. The highest BCUT2D eigenvalue weighted by molar-refractivity contribution is 5.68. The number of rotatable bonds is 4. The van der Waals surface area contributed by atoms with Gasteiger partial charge in [0, 0.05) is 6.54 Å². The van der Waals surface area contributed by atoms with Crippen LogP contribution in [0, 0.1) is 0 Å². The second-order valence-corrected chi connectivity index (χ2v) is 2.42. The molecule has 0 aliphatic rings. The molecule has 0 saturated heterocycles. The zero-order valence-corrected chi connectivity index (χ0v) is 7.43. The van der Waals surface area contributed by atoms with E-state index in [4.69, 9.17) is 10.5 Å². The van der Waals surface area contributed by atoms with Crippen LogP contribution >= 0.6 is 0 Å². The van der Waals surface area contributed by atoms with Crippen molar-refractivity contribution in [2.24, 2.45) is 5.73 Å². The van der Waals surface area contributed by atoms with Crippen LogP contribution in [0.4, 0.5) is 0 Å². The molecule has 0 aromatic carbocycles. The largest absolute Gasteiger partial charge is 0.465 e. The maximum atomic E-state index is 11.0. The Bertz CT molecular complexity index is 284. The average molecular weight is 184 g/mol. The van der Waals surface area contributed by atoms with Gasteiger partial charge in [0.2, 0.25) is 0 Å². The summed E-state index contributed by atoms with van der Waals surface area (Å²) in [5.41, 5.74) is 5.98. The van der Waals surface area contributed by atoms with Crippen molar-refractivity contribution < 1.29 is 9.53 Å². The Morgan fingerprint density at radius 3 is 3.08 bits per heavy atom. The van der Waals surface area contributed by atoms with Crippen LogP contribution in [0.5, 0.6) is 0 Å². The summed E-state index contributed by atoms with van der Waals surface area (Å²) in [4.78, 5) is 11.0. The van der Waals surface area contributed by atoms with Crippen molar-refractivity contribution in [1.29, 1.82) is 0 Å². The van der Waals surface area contributed by atoms with Crippen LogP contribution in [-0.2, 0) is 22.6 Å². The van der Waals surface area contributed by atoms with Crippen molar-refractivity contribution >= 4 is 5.97 Å². The van der Waals surface area contributed by atoms with Crippen LogP contribution in [0.25, 0.3) is 0 Å². The van der Waals surface area contributed by atoms with E-state index in [9.17, 15) is 4.79 Å². The van der Waals surface area contributed by atoms with E-state index in [0.717, 1.165) is 0 Å². The molecule has 0 aliphatic carbocycles. The van der Waals surface area contributed by atoms with Gasteiger partial charge in [-0.2, -0.15) is 0 Å². The van der Waals surface area contributed by atoms with Gasteiger partial charge in [-0.25, -0.2) is 4.68 Å². The van der Waals surface area contributed by atoms with Crippen molar-refractivity contribution in [2.75, 3.05) is 6.61 Å². The molecule has 0 atom stereocenters. The number of hydrogen-bond donors (Lipinski definition) is 1. The number of nitrogens with zero attached hydrogens (tertiary/aromatic N) is 3. The third-order valence-electron chi connectivity index (χ3n) is 1.39. The van der Waals surface area contributed by atoms with Gasteiger partial charge in [-0.3, -0.25) is 4.79 Å². The molecule has 0 amide bonds. The first-order valence-electron chi connectivity index (χ1n) is 4.01. The molecule has 1 rings (SSSR count). The van der Waals surface area contributed by atoms with Gasteiger partial charge in [0.15, 0.2) is 0 Å². The number of esters is 1. The lowest BCUT2D eigenvalue weighted by atomic mass is 10.5. The third-order valence-corrected chi connectivity index (χ3v) is 1.39. The number of aromatic nitrogens is 3. The average Bonchev–Trinajstić information content (AvgIpc) is 2.52. The van der Waals surface area contributed by atoms with Crippen molar-refractivity contribution in [3.63, 3.8) is 0 Å². The fraction of sp³-hybridized carbons (Fsp3) is 0.571. The lowest BCUT2D eigenvalue weighted by Gasteiger charge is -1.99. The van der Waals surface area contributed by atoms with E-state index in [0.29, 0.717) is 18.8 Å². The zero-order valence-electron chi connectivity index (χ0n) is 7.43. The molecule has 2 N–H and O–H groups in total. The summed E-state index contributed by atoms with van der Waals surface area (Å²) < 4.78 is 6.13. The van der Waals surface area contributed by atoms with Crippen molar-refractivity contribution in [3.05, 3.63) is 11.9 Å². The number of ether oxygens (including phenoxy) is 1. The molecule has 0 spiro atoms. The summed E-state index contributed by atoms with van der Waals surface area (Å²) in [6.45, 7) is 2.53. The van der Waals surface area contributed by atoms with Gasteiger partial charge in [0.05, 0.1) is 18.5 Å². The first-order chi connectivity index (χ1) is 6.26. The Labute approximate surface area is 75.7 Å². The van der Waals surface area contributed by atoms with E-state index >= 15 is 0 Å². The third kappa shape index (κ3) is 2.83. The minimum absolute atomic E-state index is 0.0842. The van der Waals surface area contributed by atoms with Gasteiger partial charge in [-0.05, 0) is 6.92 Å². The van der Waals surface area contributed by atoms with Crippen LogP contribution in [0.15, 0.2) is 6.20 Å². The minimum Gasteiger partial charge on any atom is -0.465 e. The van der Waals surface area contributed by atoms with E-state index < -0.39 is 0 Å². The summed E-state index contributed by atoms with van der Waals surface area (Å²) in [5.74, 6) is -0.323. The van der Waals surface area contributed by atoms with E-state index in [1.165, 1.54) is 4.68 Å².